The molecule has 2 heteroatoms. The minimum atomic E-state index is 0. The van der Waals surface area contributed by atoms with Gasteiger partial charge in [-0.15, -0.1) is 12.4 Å². The van der Waals surface area contributed by atoms with E-state index in [0.717, 1.165) is 18.0 Å². The number of hydrogen-bond donors (Lipinski definition) is 1. The average Bonchev–Trinajstić information content (AvgIpc) is 2.59. The Balaban J connectivity index is 0.000000853. The van der Waals surface area contributed by atoms with Gasteiger partial charge in [-0.05, 0) is 37.2 Å². The van der Waals surface area contributed by atoms with Crippen LogP contribution in [0.25, 0.3) is 0 Å². The van der Waals surface area contributed by atoms with Crippen LogP contribution in [0.3, 0.4) is 0 Å². The first-order valence-electron chi connectivity index (χ1n) is 5.73. The lowest BCUT2D eigenvalue weighted by Crippen LogP contribution is -2.37. The second-order valence-electron chi connectivity index (χ2n) is 4.72. The van der Waals surface area contributed by atoms with Crippen molar-refractivity contribution in [3.8, 4) is 0 Å². The van der Waals surface area contributed by atoms with Gasteiger partial charge in [0.1, 0.15) is 0 Å². The molecule has 0 unspecified atom stereocenters. The Bertz CT molecular complexity index is 300. The Morgan fingerprint density at radius 1 is 0.933 bits per heavy atom. The maximum atomic E-state index is 3.69. The molecule has 82 valence electrons. The van der Waals surface area contributed by atoms with Crippen molar-refractivity contribution in [2.24, 2.45) is 0 Å². The molecule has 0 spiro atoms. The van der Waals surface area contributed by atoms with E-state index in [1.807, 2.05) is 0 Å². The minimum absolute atomic E-state index is 0. The summed E-state index contributed by atoms with van der Waals surface area (Å²) in [6, 6.07) is 12.6. The van der Waals surface area contributed by atoms with E-state index in [9.17, 15) is 0 Å². The summed E-state index contributed by atoms with van der Waals surface area (Å²) in [4.78, 5) is 0. The van der Waals surface area contributed by atoms with Gasteiger partial charge in [-0.2, -0.15) is 0 Å². The van der Waals surface area contributed by atoms with Crippen molar-refractivity contribution in [3.63, 3.8) is 0 Å². The summed E-state index contributed by atoms with van der Waals surface area (Å²) >= 11 is 0. The van der Waals surface area contributed by atoms with Gasteiger partial charge >= 0.3 is 0 Å². The lowest BCUT2D eigenvalue weighted by molar-refractivity contribution is 0.363. The number of piperidine rings is 1. The summed E-state index contributed by atoms with van der Waals surface area (Å²) in [5, 5.41) is 3.69. The van der Waals surface area contributed by atoms with Crippen LogP contribution in [-0.4, -0.2) is 12.1 Å². The van der Waals surface area contributed by atoms with E-state index in [0.29, 0.717) is 0 Å². The molecule has 2 saturated heterocycles. The van der Waals surface area contributed by atoms with E-state index in [-0.39, 0.29) is 12.4 Å². The van der Waals surface area contributed by atoms with Crippen molar-refractivity contribution in [3.05, 3.63) is 35.9 Å². The molecular weight excluding hydrogens is 206 g/mol. The number of fused-ring (bicyclic) bond motifs is 2. The summed E-state index contributed by atoms with van der Waals surface area (Å²) in [7, 11) is 0. The summed E-state index contributed by atoms with van der Waals surface area (Å²) < 4.78 is 0. The normalized spacial score (nSPS) is 33.5. The van der Waals surface area contributed by atoms with Crippen LogP contribution in [0.1, 0.15) is 37.2 Å². The molecule has 0 aliphatic carbocycles. The molecule has 1 N–H and O–H groups in total. The average molecular weight is 224 g/mol. The van der Waals surface area contributed by atoms with Crippen molar-refractivity contribution in [2.45, 2.75) is 43.7 Å². The fraction of sp³-hybridized carbons (Fsp3) is 0.538. The zero-order valence-electron chi connectivity index (χ0n) is 8.86. The van der Waals surface area contributed by atoms with Crippen molar-refractivity contribution >= 4 is 12.4 Å². The molecule has 0 aromatic heterocycles. The molecule has 1 aromatic carbocycles. The Morgan fingerprint density at radius 3 is 2.13 bits per heavy atom. The lowest BCUT2D eigenvalue weighted by Gasteiger charge is -2.29. The van der Waals surface area contributed by atoms with Gasteiger partial charge in [-0.3, -0.25) is 0 Å². The van der Waals surface area contributed by atoms with Crippen molar-refractivity contribution in [1.82, 2.24) is 5.32 Å². The highest BCUT2D eigenvalue weighted by Crippen LogP contribution is 2.36. The first kappa shape index (κ1) is 11.0. The van der Waals surface area contributed by atoms with Gasteiger partial charge in [0, 0.05) is 12.1 Å². The highest BCUT2D eigenvalue weighted by Gasteiger charge is 2.33. The van der Waals surface area contributed by atoms with Crippen molar-refractivity contribution < 1.29 is 0 Å². The van der Waals surface area contributed by atoms with E-state index in [4.69, 9.17) is 0 Å². The summed E-state index contributed by atoms with van der Waals surface area (Å²) in [6.45, 7) is 0. The molecule has 2 fully saturated rings. The standard InChI is InChI=1S/C13H17N.ClH/c1-2-4-10(5-3-1)11-8-12-6-7-13(9-11)14-12;/h1-5,11-14H,6-9H2;1H/t11-,12-,13+;. The molecule has 3 atom stereocenters. The monoisotopic (exact) mass is 223 g/mol. The largest absolute Gasteiger partial charge is 0.311 e. The minimum Gasteiger partial charge on any atom is -0.311 e. The van der Waals surface area contributed by atoms with Gasteiger partial charge in [-0.1, -0.05) is 30.3 Å². The van der Waals surface area contributed by atoms with E-state index in [2.05, 4.69) is 35.6 Å². The van der Waals surface area contributed by atoms with E-state index < -0.39 is 0 Å². The van der Waals surface area contributed by atoms with E-state index in [1.54, 1.807) is 5.56 Å². The maximum absolute atomic E-state index is 3.69. The van der Waals surface area contributed by atoms with Gasteiger partial charge < -0.3 is 5.32 Å². The fourth-order valence-corrected chi connectivity index (χ4v) is 3.05. The molecule has 0 radical (unpaired) electrons. The molecule has 0 saturated carbocycles. The Morgan fingerprint density at radius 2 is 1.53 bits per heavy atom. The molecule has 2 aliphatic rings. The van der Waals surface area contributed by atoms with Crippen LogP contribution in [0.2, 0.25) is 0 Å². The molecule has 1 aromatic rings. The first-order valence-corrected chi connectivity index (χ1v) is 5.73. The van der Waals surface area contributed by atoms with Crippen molar-refractivity contribution in [1.29, 1.82) is 0 Å². The number of benzene rings is 1. The maximum Gasteiger partial charge on any atom is 0.00760 e. The van der Waals surface area contributed by atoms with Crippen LogP contribution in [0.4, 0.5) is 0 Å². The number of rotatable bonds is 1. The quantitative estimate of drug-likeness (QED) is 0.772. The Hall–Kier alpha value is -0.530. The molecule has 2 aliphatic heterocycles. The Kier molecular flexibility index (Phi) is 3.32. The third kappa shape index (κ3) is 2.19. The second-order valence-corrected chi connectivity index (χ2v) is 4.72. The van der Waals surface area contributed by atoms with Gasteiger partial charge in [0.15, 0.2) is 0 Å². The molecule has 3 rings (SSSR count). The van der Waals surface area contributed by atoms with Crippen LogP contribution >= 0.6 is 12.4 Å². The Labute approximate surface area is 97.7 Å². The van der Waals surface area contributed by atoms with Gasteiger partial charge in [0.2, 0.25) is 0 Å². The van der Waals surface area contributed by atoms with Gasteiger partial charge in [0.05, 0.1) is 0 Å². The molecule has 1 nitrogen and oxygen atoms in total. The SMILES string of the molecule is Cl.c1ccc([C@@H]2C[C@H]3CC[C@@H](C2)N3)cc1. The smallest absolute Gasteiger partial charge is 0.00760 e. The zero-order chi connectivity index (χ0) is 9.38. The number of hydrogen-bond acceptors (Lipinski definition) is 1. The van der Waals surface area contributed by atoms with Crippen LogP contribution in [0.5, 0.6) is 0 Å². The lowest BCUT2D eigenvalue weighted by atomic mass is 9.86. The first-order chi connectivity index (χ1) is 6.92. The third-order valence-corrected chi connectivity index (χ3v) is 3.74. The predicted octanol–water partition coefficient (Wildman–Crippen LogP) is 3.11. The molecular formula is C13H18ClN. The third-order valence-electron chi connectivity index (χ3n) is 3.74. The van der Waals surface area contributed by atoms with Gasteiger partial charge in [0.25, 0.3) is 0 Å². The summed E-state index contributed by atoms with van der Waals surface area (Å²) in [5.74, 6) is 0.815. The highest BCUT2D eigenvalue weighted by atomic mass is 35.5. The number of halogens is 1. The topological polar surface area (TPSA) is 12.0 Å². The van der Waals surface area contributed by atoms with Crippen LogP contribution in [0, 0.1) is 0 Å². The van der Waals surface area contributed by atoms with Crippen LogP contribution < -0.4 is 5.32 Å². The summed E-state index contributed by atoms with van der Waals surface area (Å²) in [6.07, 6.45) is 5.49. The highest BCUT2D eigenvalue weighted by molar-refractivity contribution is 5.85. The van der Waals surface area contributed by atoms with Crippen molar-refractivity contribution in [2.75, 3.05) is 0 Å². The molecule has 15 heavy (non-hydrogen) atoms. The second kappa shape index (κ2) is 4.54. The number of nitrogens with one attached hydrogen (secondary N) is 1. The van der Waals surface area contributed by atoms with Crippen LogP contribution in [-0.2, 0) is 0 Å². The molecule has 2 bridgehead atoms. The predicted molar refractivity (Wildman–Crippen MR) is 65.6 cm³/mol. The summed E-state index contributed by atoms with van der Waals surface area (Å²) in [5.41, 5.74) is 1.55. The van der Waals surface area contributed by atoms with Gasteiger partial charge in [-0.25, -0.2) is 0 Å². The molecule has 0 amide bonds. The fourth-order valence-electron chi connectivity index (χ4n) is 3.05. The van der Waals surface area contributed by atoms with E-state index in [1.165, 1.54) is 25.7 Å². The van der Waals surface area contributed by atoms with E-state index >= 15 is 0 Å². The molecule has 2 heterocycles. The van der Waals surface area contributed by atoms with Crippen LogP contribution in [0.15, 0.2) is 30.3 Å². The zero-order valence-corrected chi connectivity index (χ0v) is 9.67.